The maximum atomic E-state index is 6.06. The highest BCUT2D eigenvalue weighted by Gasteiger charge is 2.26. The summed E-state index contributed by atoms with van der Waals surface area (Å²) < 4.78 is 11.8. The lowest BCUT2D eigenvalue weighted by atomic mass is 9.99. The maximum absolute atomic E-state index is 6.06. The van der Waals surface area contributed by atoms with E-state index in [2.05, 4.69) is 33.0 Å². The summed E-state index contributed by atoms with van der Waals surface area (Å²) in [6.07, 6.45) is 4.28. The molecule has 0 aromatic carbocycles. The fourth-order valence-corrected chi connectivity index (χ4v) is 2.54. The van der Waals surface area contributed by atoms with Gasteiger partial charge in [-0.3, -0.25) is 0 Å². The largest absolute Gasteiger partial charge is 0.376 e. The van der Waals surface area contributed by atoms with Gasteiger partial charge in [-0.05, 0) is 39.7 Å². The molecule has 1 aliphatic rings. The summed E-state index contributed by atoms with van der Waals surface area (Å²) in [4.78, 5) is 0. The second-order valence-corrected chi connectivity index (χ2v) is 5.46. The van der Waals surface area contributed by atoms with Crippen molar-refractivity contribution in [3.8, 4) is 0 Å². The average Bonchev–Trinajstić information content (AvgIpc) is 2.28. The first-order chi connectivity index (χ1) is 8.06. The fraction of sp³-hybridized carbons (Fsp3) is 1.00. The summed E-state index contributed by atoms with van der Waals surface area (Å²) in [5.41, 5.74) is 0. The lowest BCUT2D eigenvalue weighted by Gasteiger charge is -2.33. The van der Waals surface area contributed by atoms with Gasteiger partial charge in [-0.2, -0.15) is 0 Å². The van der Waals surface area contributed by atoms with Crippen molar-refractivity contribution in [3.05, 3.63) is 0 Å². The van der Waals surface area contributed by atoms with E-state index >= 15 is 0 Å². The van der Waals surface area contributed by atoms with Crippen molar-refractivity contribution < 1.29 is 9.47 Å². The van der Waals surface area contributed by atoms with Crippen molar-refractivity contribution in [2.24, 2.45) is 5.92 Å². The van der Waals surface area contributed by atoms with Crippen molar-refractivity contribution in [3.63, 3.8) is 0 Å². The van der Waals surface area contributed by atoms with Crippen LogP contribution >= 0.6 is 0 Å². The highest BCUT2D eigenvalue weighted by atomic mass is 16.5. The van der Waals surface area contributed by atoms with Crippen LogP contribution in [0.2, 0.25) is 0 Å². The third kappa shape index (κ3) is 4.94. The third-order valence-corrected chi connectivity index (χ3v) is 3.87. The zero-order valence-corrected chi connectivity index (χ0v) is 12.0. The van der Waals surface area contributed by atoms with Gasteiger partial charge in [0.25, 0.3) is 0 Å². The zero-order chi connectivity index (χ0) is 12.8. The molecule has 0 amide bonds. The Morgan fingerprint density at radius 3 is 2.35 bits per heavy atom. The Hall–Kier alpha value is -0.120. The molecule has 0 saturated carbocycles. The minimum absolute atomic E-state index is 0.334. The van der Waals surface area contributed by atoms with Crippen LogP contribution in [0.5, 0.6) is 0 Å². The molecule has 1 heterocycles. The number of ether oxygens (including phenoxy) is 2. The highest BCUT2D eigenvalue weighted by Crippen LogP contribution is 2.22. The summed E-state index contributed by atoms with van der Waals surface area (Å²) in [7, 11) is 2.02. The molecule has 0 aromatic heterocycles. The van der Waals surface area contributed by atoms with E-state index in [1.807, 2.05) is 7.05 Å². The average molecular weight is 243 g/mol. The lowest BCUT2D eigenvalue weighted by Crippen LogP contribution is -2.40. The van der Waals surface area contributed by atoms with E-state index in [4.69, 9.17) is 9.47 Å². The highest BCUT2D eigenvalue weighted by molar-refractivity contribution is 4.76. The number of nitrogens with one attached hydrogen (secondary N) is 1. The minimum Gasteiger partial charge on any atom is -0.376 e. The van der Waals surface area contributed by atoms with Crippen LogP contribution in [-0.4, -0.2) is 38.0 Å². The smallest absolute Gasteiger partial charge is 0.0625 e. The summed E-state index contributed by atoms with van der Waals surface area (Å²) >= 11 is 0. The molecule has 4 unspecified atom stereocenters. The van der Waals surface area contributed by atoms with Gasteiger partial charge in [0.2, 0.25) is 0 Å². The predicted molar refractivity (Wildman–Crippen MR) is 71.3 cm³/mol. The molecule has 3 heteroatoms. The summed E-state index contributed by atoms with van der Waals surface area (Å²) in [5, 5.41) is 3.36. The Labute approximate surface area is 106 Å². The maximum Gasteiger partial charge on any atom is 0.0625 e. The predicted octanol–water partition coefficient (Wildman–Crippen LogP) is 2.59. The van der Waals surface area contributed by atoms with Crippen LogP contribution in [0.1, 0.15) is 47.0 Å². The number of hydrogen-bond donors (Lipinski definition) is 1. The molecule has 0 aromatic rings. The second kappa shape index (κ2) is 7.34. The van der Waals surface area contributed by atoms with Crippen LogP contribution in [0, 0.1) is 5.92 Å². The van der Waals surface area contributed by atoms with E-state index in [1.54, 1.807) is 0 Å². The Balaban J connectivity index is 2.33. The molecule has 1 aliphatic heterocycles. The standard InChI is InChI=1S/C14H29NO2/c1-6-10(2)14(15-5)9-16-13-7-11(3)17-12(4)8-13/h10-15H,6-9H2,1-5H3. The number of likely N-dealkylation sites (N-methyl/N-ethyl adjacent to an activating group) is 1. The molecular weight excluding hydrogens is 214 g/mol. The van der Waals surface area contributed by atoms with E-state index in [0.29, 0.717) is 30.3 Å². The Bertz CT molecular complexity index is 200. The molecular formula is C14H29NO2. The monoisotopic (exact) mass is 243 g/mol. The quantitative estimate of drug-likeness (QED) is 0.778. The molecule has 0 radical (unpaired) electrons. The van der Waals surface area contributed by atoms with Crippen LogP contribution in [0.4, 0.5) is 0 Å². The lowest BCUT2D eigenvalue weighted by molar-refractivity contribution is -0.106. The first-order valence-corrected chi connectivity index (χ1v) is 7.01. The van der Waals surface area contributed by atoms with E-state index in [0.717, 1.165) is 19.4 Å². The van der Waals surface area contributed by atoms with Gasteiger partial charge >= 0.3 is 0 Å². The first kappa shape index (κ1) is 14.9. The minimum atomic E-state index is 0.334. The molecule has 0 spiro atoms. The Morgan fingerprint density at radius 2 is 1.88 bits per heavy atom. The van der Waals surface area contributed by atoms with Gasteiger partial charge in [0.1, 0.15) is 0 Å². The summed E-state index contributed by atoms with van der Waals surface area (Å²) in [5.74, 6) is 0.662. The van der Waals surface area contributed by atoms with Crippen molar-refractivity contribution in [1.82, 2.24) is 5.32 Å². The molecule has 0 bridgehead atoms. The molecule has 3 nitrogen and oxygen atoms in total. The van der Waals surface area contributed by atoms with Crippen LogP contribution < -0.4 is 5.32 Å². The number of rotatable bonds is 6. The van der Waals surface area contributed by atoms with E-state index in [-0.39, 0.29) is 0 Å². The first-order valence-electron chi connectivity index (χ1n) is 7.01. The van der Waals surface area contributed by atoms with E-state index in [1.165, 1.54) is 6.42 Å². The van der Waals surface area contributed by atoms with Gasteiger partial charge < -0.3 is 14.8 Å². The normalized spacial score (nSPS) is 33.4. The second-order valence-electron chi connectivity index (χ2n) is 5.46. The van der Waals surface area contributed by atoms with Crippen molar-refractivity contribution in [1.29, 1.82) is 0 Å². The van der Waals surface area contributed by atoms with Crippen molar-refractivity contribution in [2.75, 3.05) is 13.7 Å². The molecule has 102 valence electrons. The van der Waals surface area contributed by atoms with E-state index < -0.39 is 0 Å². The van der Waals surface area contributed by atoms with Gasteiger partial charge in [-0.1, -0.05) is 20.3 Å². The van der Waals surface area contributed by atoms with Crippen LogP contribution in [0.3, 0.4) is 0 Å². The van der Waals surface area contributed by atoms with Crippen LogP contribution in [-0.2, 0) is 9.47 Å². The summed E-state index contributed by atoms with van der Waals surface area (Å²) in [6, 6.07) is 0.466. The van der Waals surface area contributed by atoms with Crippen molar-refractivity contribution >= 4 is 0 Å². The number of hydrogen-bond acceptors (Lipinski definition) is 3. The van der Waals surface area contributed by atoms with E-state index in [9.17, 15) is 0 Å². The molecule has 1 N–H and O–H groups in total. The van der Waals surface area contributed by atoms with Crippen LogP contribution in [0.15, 0.2) is 0 Å². The zero-order valence-electron chi connectivity index (χ0n) is 12.0. The van der Waals surface area contributed by atoms with Gasteiger partial charge in [0.05, 0.1) is 24.9 Å². The Morgan fingerprint density at radius 1 is 1.29 bits per heavy atom. The summed E-state index contributed by atoms with van der Waals surface area (Å²) in [6.45, 7) is 9.59. The fourth-order valence-electron chi connectivity index (χ4n) is 2.54. The topological polar surface area (TPSA) is 30.5 Å². The third-order valence-electron chi connectivity index (χ3n) is 3.87. The SMILES string of the molecule is CCC(C)C(COC1CC(C)OC(C)C1)NC. The molecule has 1 rings (SSSR count). The van der Waals surface area contributed by atoms with Crippen LogP contribution in [0.25, 0.3) is 0 Å². The Kier molecular flexibility index (Phi) is 6.45. The van der Waals surface area contributed by atoms with Gasteiger partial charge in [-0.25, -0.2) is 0 Å². The molecule has 1 saturated heterocycles. The molecule has 0 aliphatic carbocycles. The van der Waals surface area contributed by atoms with Gasteiger partial charge in [0, 0.05) is 6.04 Å². The molecule has 1 fully saturated rings. The van der Waals surface area contributed by atoms with Gasteiger partial charge in [-0.15, -0.1) is 0 Å². The molecule has 4 atom stereocenters. The molecule has 17 heavy (non-hydrogen) atoms. The van der Waals surface area contributed by atoms with Crippen molar-refractivity contribution in [2.45, 2.75) is 71.3 Å². The van der Waals surface area contributed by atoms with Gasteiger partial charge in [0.15, 0.2) is 0 Å².